The fourth-order valence-corrected chi connectivity index (χ4v) is 1.99. The summed E-state index contributed by atoms with van der Waals surface area (Å²) in [5.74, 6) is 0.0817. The molecule has 1 amide bonds. The molecular formula is C12H24N2O2. The van der Waals surface area contributed by atoms with Gasteiger partial charge in [0, 0.05) is 19.6 Å². The van der Waals surface area contributed by atoms with Gasteiger partial charge in [-0.25, -0.2) is 0 Å². The summed E-state index contributed by atoms with van der Waals surface area (Å²) in [7, 11) is 3.81. The van der Waals surface area contributed by atoms with Gasteiger partial charge in [0.15, 0.2) is 0 Å². The van der Waals surface area contributed by atoms with Crippen LogP contribution in [-0.2, 0) is 9.53 Å². The molecule has 0 radical (unpaired) electrons. The van der Waals surface area contributed by atoms with Crippen LogP contribution in [0.15, 0.2) is 0 Å². The average Bonchev–Trinajstić information content (AvgIpc) is 2.35. The second kappa shape index (κ2) is 6.86. The molecule has 0 spiro atoms. The molecule has 0 aromatic heterocycles. The van der Waals surface area contributed by atoms with E-state index >= 15 is 0 Å². The largest absolute Gasteiger partial charge is 0.368 e. The zero-order chi connectivity index (χ0) is 12.0. The van der Waals surface area contributed by atoms with E-state index in [1.165, 1.54) is 0 Å². The summed E-state index contributed by atoms with van der Waals surface area (Å²) in [4.78, 5) is 13.2. The third-order valence-corrected chi connectivity index (χ3v) is 3.43. The first-order valence-electron chi connectivity index (χ1n) is 6.20. The maximum Gasteiger partial charge on any atom is 0.248 e. The molecule has 0 bridgehead atoms. The van der Waals surface area contributed by atoms with E-state index in [9.17, 15) is 4.79 Å². The lowest BCUT2D eigenvalue weighted by Crippen LogP contribution is -2.36. The second-order valence-electron chi connectivity index (χ2n) is 4.48. The lowest BCUT2D eigenvalue weighted by atomic mass is 9.93. The molecule has 1 N–H and O–H groups in total. The van der Waals surface area contributed by atoms with Crippen molar-refractivity contribution >= 4 is 5.91 Å². The van der Waals surface area contributed by atoms with Crippen molar-refractivity contribution in [1.29, 1.82) is 0 Å². The Morgan fingerprint density at radius 1 is 1.38 bits per heavy atom. The van der Waals surface area contributed by atoms with Crippen LogP contribution in [0.4, 0.5) is 0 Å². The molecule has 1 saturated carbocycles. The lowest BCUT2D eigenvalue weighted by Gasteiger charge is -2.28. The van der Waals surface area contributed by atoms with Crippen LogP contribution in [0.1, 0.15) is 32.6 Å². The molecule has 0 aliphatic heterocycles. The van der Waals surface area contributed by atoms with Crippen molar-refractivity contribution in [3.63, 3.8) is 0 Å². The number of hydrogen-bond acceptors (Lipinski definition) is 3. The van der Waals surface area contributed by atoms with Gasteiger partial charge >= 0.3 is 0 Å². The van der Waals surface area contributed by atoms with Crippen LogP contribution < -0.4 is 5.32 Å². The van der Waals surface area contributed by atoms with Crippen molar-refractivity contribution in [3.8, 4) is 0 Å². The van der Waals surface area contributed by atoms with Crippen molar-refractivity contribution in [2.45, 2.75) is 44.8 Å². The first kappa shape index (κ1) is 13.5. The molecule has 4 heteroatoms. The van der Waals surface area contributed by atoms with Crippen LogP contribution in [0.5, 0.6) is 0 Å². The molecule has 0 saturated heterocycles. The van der Waals surface area contributed by atoms with E-state index in [2.05, 4.69) is 5.32 Å². The quantitative estimate of drug-likeness (QED) is 0.763. The minimum atomic E-state index is 0.0817. The van der Waals surface area contributed by atoms with Crippen LogP contribution in [0.3, 0.4) is 0 Å². The third kappa shape index (κ3) is 4.10. The van der Waals surface area contributed by atoms with E-state index in [1.807, 2.05) is 21.0 Å². The number of nitrogens with zero attached hydrogens (tertiary/aromatic N) is 1. The maximum atomic E-state index is 11.5. The molecule has 1 aliphatic carbocycles. The van der Waals surface area contributed by atoms with Crippen molar-refractivity contribution in [1.82, 2.24) is 10.2 Å². The Morgan fingerprint density at radius 2 is 2.00 bits per heavy atom. The van der Waals surface area contributed by atoms with Gasteiger partial charge in [-0.2, -0.15) is 0 Å². The Balaban J connectivity index is 2.17. The fraction of sp³-hybridized carbons (Fsp3) is 0.917. The number of ether oxygens (including phenoxy) is 1. The fourth-order valence-electron chi connectivity index (χ4n) is 1.99. The zero-order valence-corrected chi connectivity index (χ0v) is 10.7. The summed E-state index contributed by atoms with van der Waals surface area (Å²) in [5.41, 5.74) is 0. The van der Waals surface area contributed by atoms with Crippen LogP contribution in [0, 0.1) is 0 Å². The van der Waals surface area contributed by atoms with Gasteiger partial charge in [-0.1, -0.05) is 0 Å². The summed E-state index contributed by atoms with van der Waals surface area (Å²) in [6.45, 7) is 2.95. The summed E-state index contributed by atoms with van der Waals surface area (Å²) in [6, 6.07) is 0.633. The van der Waals surface area contributed by atoms with Gasteiger partial charge in [-0.3, -0.25) is 4.79 Å². The maximum absolute atomic E-state index is 11.5. The molecule has 0 heterocycles. The minimum absolute atomic E-state index is 0.0817. The zero-order valence-electron chi connectivity index (χ0n) is 10.7. The SMILES string of the molecule is CCN(C)C(=O)COC1CCC(NC)CC1. The van der Waals surface area contributed by atoms with Crippen LogP contribution >= 0.6 is 0 Å². The average molecular weight is 228 g/mol. The lowest BCUT2D eigenvalue weighted by molar-refractivity contribution is -0.137. The molecule has 0 atom stereocenters. The molecule has 4 nitrogen and oxygen atoms in total. The van der Waals surface area contributed by atoms with E-state index in [-0.39, 0.29) is 18.6 Å². The van der Waals surface area contributed by atoms with Crippen molar-refractivity contribution in [3.05, 3.63) is 0 Å². The normalized spacial score (nSPS) is 25.4. The Hall–Kier alpha value is -0.610. The van der Waals surface area contributed by atoms with E-state index in [0.29, 0.717) is 6.04 Å². The second-order valence-corrected chi connectivity index (χ2v) is 4.48. The predicted molar refractivity (Wildman–Crippen MR) is 64.4 cm³/mol. The number of rotatable bonds is 5. The molecule has 94 valence electrons. The summed E-state index contributed by atoms with van der Waals surface area (Å²) < 4.78 is 5.64. The Kier molecular flexibility index (Phi) is 5.77. The van der Waals surface area contributed by atoms with Crippen LogP contribution in [-0.4, -0.2) is 50.2 Å². The smallest absolute Gasteiger partial charge is 0.248 e. The minimum Gasteiger partial charge on any atom is -0.368 e. The number of carbonyl (C=O) groups excluding carboxylic acids is 1. The first-order valence-corrected chi connectivity index (χ1v) is 6.20. The first-order chi connectivity index (χ1) is 7.67. The molecule has 0 unspecified atom stereocenters. The van der Waals surface area contributed by atoms with Gasteiger partial charge in [0.05, 0.1) is 6.10 Å². The highest BCUT2D eigenvalue weighted by molar-refractivity contribution is 5.77. The highest BCUT2D eigenvalue weighted by atomic mass is 16.5. The molecular weight excluding hydrogens is 204 g/mol. The number of carbonyl (C=O) groups is 1. The predicted octanol–water partition coefficient (Wildman–Crippen LogP) is 1.01. The van der Waals surface area contributed by atoms with E-state index in [0.717, 1.165) is 32.2 Å². The van der Waals surface area contributed by atoms with Gasteiger partial charge in [0.25, 0.3) is 0 Å². The number of amides is 1. The number of likely N-dealkylation sites (N-methyl/N-ethyl adjacent to an activating group) is 1. The Labute approximate surface area is 98.3 Å². The number of hydrogen-bond donors (Lipinski definition) is 1. The highest BCUT2D eigenvalue weighted by Gasteiger charge is 2.21. The monoisotopic (exact) mass is 228 g/mol. The van der Waals surface area contributed by atoms with Gasteiger partial charge in [0.2, 0.25) is 5.91 Å². The molecule has 16 heavy (non-hydrogen) atoms. The third-order valence-electron chi connectivity index (χ3n) is 3.43. The molecule has 1 rings (SSSR count). The molecule has 0 aromatic carbocycles. The van der Waals surface area contributed by atoms with Crippen molar-refractivity contribution in [2.75, 3.05) is 27.2 Å². The Morgan fingerprint density at radius 3 is 2.50 bits per heavy atom. The van der Waals surface area contributed by atoms with Gasteiger partial charge in [-0.05, 0) is 39.7 Å². The topological polar surface area (TPSA) is 41.6 Å². The van der Waals surface area contributed by atoms with Gasteiger partial charge in [0.1, 0.15) is 6.61 Å². The summed E-state index contributed by atoms with van der Waals surface area (Å²) >= 11 is 0. The van der Waals surface area contributed by atoms with Crippen molar-refractivity contribution in [2.24, 2.45) is 0 Å². The molecule has 1 fully saturated rings. The van der Waals surface area contributed by atoms with Crippen LogP contribution in [0.25, 0.3) is 0 Å². The van der Waals surface area contributed by atoms with Gasteiger partial charge in [-0.15, -0.1) is 0 Å². The van der Waals surface area contributed by atoms with Gasteiger partial charge < -0.3 is 15.0 Å². The molecule has 0 aromatic rings. The van der Waals surface area contributed by atoms with E-state index in [4.69, 9.17) is 4.74 Å². The summed E-state index contributed by atoms with van der Waals surface area (Å²) in [5, 5.41) is 3.29. The summed E-state index contributed by atoms with van der Waals surface area (Å²) in [6.07, 6.45) is 4.71. The number of nitrogens with one attached hydrogen (secondary N) is 1. The Bertz CT molecular complexity index is 213. The van der Waals surface area contributed by atoms with Crippen molar-refractivity contribution < 1.29 is 9.53 Å². The van der Waals surface area contributed by atoms with E-state index in [1.54, 1.807) is 4.90 Å². The standard InChI is InChI=1S/C12H24N2O2/c1-4-14(3)12(15)9-16-11-7-5-10(13-2)6-8-11/h10-11,13H,4-9H2,1-3H3. The van der Waals surface area contributed by atoms with Crippen LogP contribution in [0.2, 0.25) is 0 Å². The highest BCUT2D eigenvalue weighted by Crippen LogP contribution is 2.20. The molecule has 1 aliphatic rings. The van der Waals surface area contributed by atoms with E-state index < -0.39 is 0 Å².